The van der Waals surface area contributed by atoms with Crippen LogP contribution in [-0.2, 0) is 9.53 Å². The molecule has 192 valence electrons. The van der Waals surface area contributed by atoms with Crippen molar-refractivity contribution in [2.75, 3.05) is 19.8 Å². The second kappa shape index (κ2) is 11.7. The van der Waals surface area contributed by atoms with E-state index < -0.39 is 12.0 Å². The predicted molar refractivity (Wildman–Crippen MR) is 148 cm³/mol. The zero-order chi connectivity index (χ0) is 26.5. The van der Waals surface area contributed by atoms with Crippen LogP contribution in [0.2, 0.25) is 0 Å². The first-order valence-electron chi connectivity index (χ1n) is 11.8. The van der Waals surface area contributed by atoms with Gasteiger partial charge in [0.15, 0.2) is 4.80 Å². The van der Waals surface area contributed by atoms with E-state index in [9.17, 15) is 9.59 Å². The minimum absolute atomic E-state index is 0.210. The van der Waals surface area contributed by atoms with Crippen molar-refractivity contribution in [3.63, 3.8) is 0 Å². The van der Waals surface area contributed by atoms with E-state index in [1.165, 1.54) is 11.3 Å². The fourth-order valence-corrected chi connectivity index (χ4v) is 5.66. The lowest BCUT2D eigenvalue weighted by molar-refractivity contribution is -0.139. The zero-order valence-corrected chi connectivity index (χ0v) is 23.2. The Kier molecular flexibility index (Phi) is 8.45. The second-order valence-electron chi connectivity index (χ2n) is 8.06. The van der Waals surface area contributed by atoms with Crippen LogP contribution in [0.4, 0.5) is 0 Å². The van der Waals surface area contributed by atoms with Crippen LogP contribution in [0.5, 0.6) is 11.5 Å². The molecule has 0 spiro atoms. The highest BCUT2D eigenvalue weighted by Crippen LogP contribution is 2.36. The number of carbonyl (C=O) groups is 1. The highest BCUT2D eigenvalue weighted by Gasteiger charge is 2.35. The van der Waals surface area contributed by atoms with Crippen LogP contribution in [0, 0.1) is 0 Å². The number of halogens is 1. The van der Waals surface area contributed by atoms with Crippen molar-refractivity contribution >= 4 is 39.3 Å². The first kappa shape index (κ1) is 26.6. The molecule has 0 bridgehead atoms. The lowest BCUT2D eigenvalue weighted by Gasteiger charge is -2.26. The molecule has 0 fully saturated rings. The number of carbonyl (C=O) groups excluding carboxylic acids is 1. The van der Waals surface area contributed by atoms with Gasteiger partial charge in [-0.2, -0.15) is 0 Å². The average Bonchev–Trinajstić information content (AvgIpc) is 3.17. The highest BCUT2D eigenvalue weighted by atomic mass is 79.9. The van der Waals surface area contributed by atoms with E-state index in [0.717, 1.165) is 10.0 Å². The molecule has 3 aromatic rings. The molecule has 2 aromatic carbocycles. The summed E-state index contributed by atoms with van der Waals surface area (Å²) >= 11 is 4.80. The van der Waals surface area contributed by atoms with Crippen molar-refractivity contribution in [3.05, 3.63) is 102 Å². The highest BCUT2D eigenvalue weighted by molar-refractivity contribution is 9.10. The van der Waals surface area contributed by atoms with Crippen LogP contribution in [0.1, 0.15) is 37.9 Å². The topological polar surface area (TPSA) is 79.1 Å². The number of hydrogen-bond acceptors (Lipinski definition) is 7. The van der Waals surface area contributed by atoms with Gasteiger partial charge in [-0.05, 0) is 66.5 Å². The van der Waals surface area contributed by atoms with Gasteiger partial charge in [0.25, 0.3) is 5.56 Å². The number of esters is 1. The van der Waals surface area contributed by atoms with Gasteiger partial charge < -0.3 is 14.2 Å². The number of para-hydroxylation sites is 1. The molecule has 0 radical (unpaired) electrons. The molecule has 1 atom stereocenters. The van der Waals surface area contributed by atoms with E-state index in [2.05, 4.69) is 27.5 Å². The summed E-state index contributed by atoms with van der Waals surface area (Å²) < 4.78 is 19.7. The minimum atomic E-state index is -0.735. The summed E-state index contributed by atoms with van der Waals surface area (Å²) in [5.74, 6) is 0.772. The molecule has 0 saturated carbocycles. The molecule has 9 heteroatoms. The number of rotatable bonds is 9. The third kappa shape index (κ3) is 5.47. The SMILES string of the molecule is C=CCOc1ccc(/C=c2\sc3n(c2=O)[C@@H](c2ccccc2OCC)C(C(=O)OCC)=C(C)N=3)cc1Br. The smallest absolute Gasteiger partial charge is 0.338 e. The van der Waals surface area contributed by atoms with Gasteiger partial charge in [-0.25, -0.2) is 9.79 Å². The molecule has 7 nitrogen and oxygen atoms in total. The third-order valence-corrected chi connectivity index (χ3v) is 7.24. The van der Waals surface area contributed by atoms with Crippen LogP contribution in [0.3, 0.4) is 0 Å². The summed E-state index contributed by atoms with van der Waals surface area (Å²) in [5, 5.41) is 0. The Hall–Kier alpha value is -3.43. The summed E-state index contributed by atoms with van der Waals surface area (Å²) in [4.78, 5) is 32.1. The summed E-state index contributed by atoms with van der Waals surface area (Å²) in [5.41, 5.74) is 2.09. The second-order valence-corrected chi connectivity index (χ2v) is 9.93. The molecule has 1 aromatic heterocycles. The molecule has 1 aliphatic heterocycles. The minimum Gasteiger partial charge on any atom is -0.494 e. The Morgan fingerprint density at radius 3 is 2.65 bits per heavy atom. The molecule has 0 unspecified atom stereocenters. The summed E-state index contributed by atoms with van der Waals surface area (Å²) in [7, 11) is 0. The van der Waals surface area contributed by atoms with Crippen molar-refractivity contribution in [3.8, 4) is 11.5 Å². The van der Waals surface area contributed by atoms with Crippen molar-refractivity contribution in [1.29, 1.82) is 0 Å². The molecule has 1 aliphatic rings. The maximum absolute atomic E-state index is 13.8. The van der Waals surface area contributed by atoms with Gasteiger partial charge in [-0.15, -0.1) is 0 Å². The average molecular weight is 584 g/mol. The lowest BCUT2D eigenvalue weighted by atomic mass is 9.95. The van der Waals surface area contributed by atoms with Crippen molar-refractivity contribution in [2.45, 2.75) is 26.8 Å². The Morgan fingerprint density at radius 2 is 1.95 bits per heavy atom. The number of benzene rings is 2. The number of ether oxygens (including phenoxy) is 3. The fraction of sp³-hybridized carbons (Fsp3) is 0.250. The molecular weight excluding hydrogens is 556 g/mol. The third-order valence-electron chi connectivity index (χ3n) is 5.64. The summed E-state index contributed by atoms with van der Waals surface area (Å²) in [6.07, 6.45) is 3.48. The van der Waals surface area contributed by atoms with Crippen LogP contribution in [0.15, 0.2) is 80.6 Å². The molecule has 37 heavy (non-hydrogen) atoms. The number of fused-ring (bicyclic) bond motifs is 1. The van der Waals surface area contributed by atoms with Crippen molar-refractivity contribution < 1.29 is 19.0 Å². The van der Waals surface area contributed by atoms with E-state index in [1.54, 1.807) is 30.6 Å². The molecule has 2 heterocycles. The number of nitrogens with zero attached hydrogens (tertiary/aromatic N) is 2. The molecule has 0 saturated heterocycles. The van der Waals surface area contributed by atoms with Gasteiger partial charge in [0.2, 0.25) is 0 Å². The number of thiazole rings is 1. The largest absolute Gasteiger partial charge is 0.494 e. The molecule has 0 N–H and O–H groups in total. The Bertz CT molecular complexity index is 1550. The molecular formula is C28H27BrN2O5S. The van der Waals surface area contributed by atoms with Crippen LogP contribution < -0.4 is 24.4 Å². The summed E-state index contributed by atoms with van der Waals surface area (Å²) in [6, 6.07) is 12.3. The lowest BCUT2D eigenvalue weighted by Crippen LogP contribution is -2.40. The fourth-order valence-electron chi connectivity index (χ4n) is 4.10. The van der Waals surface area contributed by atoms with E-state index in [4.69, 9.17) is 14.2 Å². The molecule has 4 rings (SSSR count). The van der Waals surface area contributed by atoms with Crippen LogP contribution in [-0.4, -0.2) is 30.4 Å². The molecule has 0 aliphatic carbocycles. The van der Waals surface area contributed by atoms with Gasteiger partial charge in [-0.3, -0.25) is 9.36 Å². The normalized spacial score (nSPS) is 15.1. The van der Waals surface area contributed by atoms with Crippen LogP contribution in [0.25, 0.3) is 6.08 Å². The standard InChI is InChI=1S/C28H27BrN2O5S/c1-5-14-36-22-13-12-18(15-20(22)29)16-23-26(32)31-25(19-10-8-9-11-21(19)34-6-2)24(27(33)35-7-3)17(4)30-28(31)37-23/h5,8-13,15-16,25H,1,6-7,14H2,2-4H3/b23-16-/t25-/m0/s1. The van der Waals surface area contributed by atoms with Crippen molar-refractivity contribution in [1.82, 2.24) is 4.57 Å². The Morgan fingerprint density at radius 1 is 1.16 bits per heavy atom. The van der Waals surface area contributed by atoms with Gasteiger partial charge >= 0.3 is 5.97 Å². The molecule has 0 amide bonds. The Balaban J connectivity index is 1.90. The maximum Gasteiger partial charge on any atom is 0.338 e. The Labute approximate surface area is 227 Å². The van der Waals surface area contributed by atoms with Crippen LogP contribution >= 0.6 is 27.3 Å². The summed E-state index contributed by atoms with van der Waals surface area (Å²) in [6.45, 7) is 10.1. The van der Waals surface area contributed by atoms with E-state index in [-0.39, 0.29) is 12.2 Å². The first-order chi connectivity index (χ1) is 17.9. The van der Waals surface area contributed by atoms with E-state index in [0.29, 0.717) is 50.9 Å². The van der Waals surface area contributed by atoms with Crippen molar-refractivity contribution in [2.24, 2.45) is 4.99 Å². The van der Waals surface area contributed by atoms with E-state index >= 15 is 0 Å². The van der Waals surface area contributed by atoms with Gasteiger partial charge in [0, 0.05) is 5.56 Å². The monoisotopic (exact) mass is 582 g/mol. The van der Waals surface area contributed by atoms with E-state index in [1.807, 2.05) is 49.4 Å². The number of aromatic nitrogens is 1. The number of allylic oxidation sites excluding steroid dienone is 1. The number of hydrogen-bond donors (Lipinski definition) is 0. The predicted octanol–water partition coefficient (Wildman–Crippen LogP) is 4.52. The van der Waals surface area contributed by atoms with Gasteiger partial charge in [0.1, 0.15) is 24.1 Å². The zero-order valence-electron chi connectivity index (χ0n) is 20.8. The van der Waals surface area contributed by atoms with Gasteiger partial charge in [-0.1, -0.05) is 48.3 Å². The maximum atomic E-state index is 13.8. The van der Waals surface area contributed by atoms with Gasteiger partial charge in [0.05, 0.1) is 33.5 Å². The quantitative estimate of drug-likeness (QED) is 0.274. The first-order valence-corrected chi connectivity index (χ1v) is 13.4.